The van der Waals surface area contributed by atoms with Crippen LogP contribution in [0.1, 0.15) is 57.6 Å². The van der Waals surface area contributed by atoms with Crippen molar-refractivity contribution in [1.82, 2.24) is 10.6 Å². The van der Waals surface area contributed by atoms with E-state index in [1.807, 2.05) is 30.4 Å². The maximum absolute atomic E-state index is 12.4. The van der Waals surface area contributed by atoms with Gasteiger partial charge in [0.1, 0.15) is 6.04 Å². The molecule has 0 spiro atoms. The largest absolute Gasteiger partial charge is 0.335 e. The van der Waals surface area contributed by atoms with Crippen molar-refractivity contribution in [2.75, 3.05) is 0 Å². The lowest BCUT2D eigenvalue weighted by Crippen LogP contribution is -2.92. The number of nitrogens with two attached hydrogens (primary N) is 1. The molecule has 0 heterocycles. The molecule has 1 saturated carbocycles. The Hall–Kier alpha value is -2.40. The molecule has 2 aromatic rings. The molecule has 0 saturated heterocycles. The van der Waals surface area contributed by atoms with Crippen molar-refractivity contribution in [3.63, 3.8) is 0 Å². The lowest BCUT2D eigenvalue weighted by Gasteiger charge is -2.23. The molecule has 0 bridgehead atoms. The van der Waals surface area contributed by atoms with Gasteiger partial charge < -0.3 is 10.6 Å². The highest BCUT2D eigenvalue weighted by atomic mass is 16.2. The Morgan fingerprint density at radius 2 is 1.70 bits per heavy atom. The molecule has 1 aliphatic rings. The highest BCUT2D eigenvalue weighted by molar-refractivity contribution is 5.96. The van der Waals surface area contributed by atoms with E-state index in [2.05, 4.69) is 41.8 Å². The summed E-state index contributed by atoms with van der Waals surface area (Å²) in [6, 6.07) is 14.1. The number of quaternary nitrogens is 1. The number of benzene rings is 2. The Morgan fingerprint density at radius 3 is 2.48 bits per heavy atom. The van der Waals surface area contributed by atoms with Gasteiger partial charge in [0.15, 0.2) is 6.04 Å². The first-order valence-electron chi connectivity index (χ1n) is 9.98. The van der Waals surface area contributed by atoms with E-state index in [0.29, 0.717) is 0 Å². The second-order valence-electron chi connectivity index (χ2n) is 7.64. The topological polar surface area (TPSA) is 74.8 Å². The van der Waals surface area contributed by atoms with E-state index in [1.165, 1.54) is 22.8 Å². The van der Waals surface area contributed by atoms with Crippen molar-refractivity contribution in [3.05, 3.63) is 48.0 Å². The van der Waals surface area contributed by atoms with Gasteiger partial charge >= 0.3 is 6.03 Å². The Labute approximate surface area is 160 Å². The van der Waals surface area contributed by atoms with Gasteiger partial charge in [-0.2, -0.15) is 0 Å². The molecular formula is C22H30N3O2+. The molecule has 1 fully saturated rings. The summed E-state index contributed by atoms with van der Waals surface area (Å²) >= 11 is 0. The van der Waals surface area contributed by atoms with Crippen molar-refractivity contribution in [1.29, 1.82) is 0 Å². The van der Waals surface area contributed by atoms with Crippen LogP contribution in [-0.2, 0) is 4.79 Å². The van der Waals surface area contributed by atoms with E-state index in [0.717, 1.165) is 25.7 Å². The van der Waals surface area contributed by atoms with Gasteiger partial charge in [0.05, 0.1) is 0 Å². The third-order valence-corrected chi connectivity index (χ3v) is 5.48. The van der Waals surface area contributed by atoms with Crippen molar-refractivity contribution in [2.45, 2.75) is 64.1 Å². The molecular weight excluding hydrogens is 338 g/mol. The van der Waals surface area contributed by atoms with Crippen LogP contribution in [0.2, 0.25) is 0 Å². The molecule has 1 aliphatic carbocycles. The Bertz CT molecular complexity index is 794. The smallest absolute Gasteiger partial charge is 0.321 e. The molecule has 0 unspecified atom stereocenters. The first-order valence-corrected chi connectivity index (χ1v) is 9.98. The summed E-state index contributed by atoms with van der Waals surface area (Å²) in [5.41, 5.74) is 1.19. The van der Waals surface area contributed by atoms with Gasteiger partial charge in [-0.15, -0.1) is 0 Å². The van der Waals surface area contributed by atoms with E-state index < -0.39 is 0 Å². The number of hydrogen-bond acceptors (Lipinski definition) is 2. The zero-order valence-corrected chi connectivity index (χ0v) is 16.2. The number of hydrogen-bond donors (Lipinski definition) is 3. The van der Waals surface area contributed by atoms with Crippen LogP contribution in [0.4, 0.5) is 4.79 Å². The summed E-state index contributed by atoms with van der Waals surface area (Å²) in [4.78, 5) is 24.5. The molecule has 5 nitrogen and oxygen atoms in total. The average molecular weight is 369 g/mol. The number of fused-ring (bicyclic) bond motifs is 1. The molecule has 5 heteroatoms. The highest BCUT2D eigenvalue weighted by Gasteiger charge is 2.24. The van der Waals surface area contributed by atoms with Crippen molar-refractivity contribution in [3.8, 4) is 0 Å². The summed E-state index contributed by atoms with van der Waals surface area (Å²) in [5, 5.41) is 9.83. The summed E-state index contributed by atoms with van der Waals surface area (Å²) in [7, 11) is 0. The number of imide groups is 1. The lowest BCUT2D eigenvalue weighted by molar-refractivity contribution is -0.710. The van der Waals surface area contributed by atoms with E-state index in [1.54, 1.807) is 0 Å². The maximum atomic E-state index is 12.4. The Kier molecular flexibility index (Phi) is 6.45. The molecule has 3 rings (SSSR count). The molecule has 27 heavy (non-hydrogen) atoms. The van der Waals surface area contributed by atoms with Gasteiger partial charge in [-0.25, -0.2) is 4.79 Å². The predicted molar refractivity (Wildman–Crippen MR) is 107 cm³/mol. The molecule has 144 valence electrons. The summed E-state index contributed by atoms with van der Waals surface area (Å²) in [6.07, 6.45) is 5.52. The number of amides is 3. The summed E-state index contributed by atoms with van der Waals surface area (Å²) in [5.74, 6) is -0.254. The van der Waals surface area contributed by atoms with Gasteiger partial charge in [-0.05, 0) is 37.5 Å². The van der Waals surface area contributed by atoms with Crippen LogP contribution in [-0.4, -0.2) is 24.0 Å². The zero-order chi connectivity index (χ0) is 19.2. The monoisotopic (exact) mass is 368 g/mol. The van der Waals surface area contributed by atoms with Crippen molar-refractivity contribution >= 4 is 22.7 Å². The molecule has 4 N–H and O–H groups in total. The van der Waals surface area contributed by atoms with E-state index in [-0.39, 0.29) is 30.1 Å². The number of nitrogens with one attached hydrogen (secondary N) is 2. The minimum Gasteiger partial charge on any atom is -0.335 e. The maximum Gasteiger partial charge on any atom is 0.321 e. The van der Waals surface area contributed by atoms with Crippen LogP contribution in [0.15, 0.2) is 42.5 Å². The number of urea groups is 1. The van der Waals surface area contributed by atoms with Gasteiger partial charge in [0, 0.05) is 11.6 Å². The van der Waals surface area contributed by atoms with Crippen molar-refractivity contribution in [2.24, 2.45) is 0 Å². The molecule has 2 aromatic carbocycles. The minimum atomic E-state index is -0.370. The van der Waals surface area contributed by atoms with Gasteiger partial charge in [-0.3, -0.25) is 10.1 Å². The van der Waals surface area contributed by atoms with Gasteiger partial charge in [-0.1, -0.05) is 61.7 Å². The average Bonchev–Trinajstić information content (AvgIpc) is 2.68. The standard InChI is InChI=1S/C22H29N3O2/c1-15(19-14-8-10-17-9-6-7-13-20(17)19)23-16(2)21(26)25-22(27)24-18-11-4-3-5-12-18/h6-10,13-16,18,23H,3-5,11-12H2,1-2H3,(H2,24,25,26,27)/p+1/t15-,16-/m0/s1. The normalized spacial score (nSPS) is 17.3. The fourth-order valence-electron chi connectivity index (χ4n) is 3.97. The number of carbonyl (C=O) groups excluding carboxylic acids is 2. The fourth-order valence-corrected chi connectivity index (χ4v) is 3.97. The molecule has 0 radical (unpaired) electrons. The number of carbonyl (C=O) groups is 2. The fraction of sp³-hybridized carbons (Fsp3) is 0.455. The van der Waals surface area contributed by atoms with E-state index in [9.17, 15) is 9.59 Å². The Morgan fingerprint density at radius 1 is 1.00 bits per heavy atom. The van der Waals surface area contributed by atoms with Gasteiger partial charge in [0.25, 0.3) is 5.91 Å². The molecule has 2 atom stereocenters. The predicted octanol–water partition coefficient (Wildman–Crippen LogP) is 3.01. The Balaban J connectivity index is 1.56. The summed E-state index contributed by atoms with van der Waals surface area (Å²) in [6.45, 7) is 3.93. The van der Waals surface area contributed by atoms with Crippen LogP contribution < -0.4 is 16.0 Å². The molecule has 0 aromatic heterocycles. The van der Waals surface area contributed by atoms with Crippen molar-refractivity contribution < 1.29 is 14.9 Å². The quantitative estimate of drug-likeness (QED) is 0.759. The van der Waals surface area contributed by atoms with Gasteiger partial charge in [0.2, 0.25) is 0 Å². The number of rotatable bonds is 5. The second-order valence-corrected chi connectivity index (χ2v) is 7.64. The summed E-state index contributed by atoms with van der Waals surface area (Å²) < 4.78 is 0. The molecule has 0 aliphatic heterocycles. The van der Waals surface area contributed by atoms with Crippen LogP contribution in [0.3, 0.4) is 0 Å². The lowest BCUT2D eigenvalue weighted by atomic mass is 9.96. The zero-order valence-electron chi connectivity index (χ0n) is 16.2. The first-order chi connectivity index (χ1) is 13.0. The van der Waals surface area contributed by atoms with Crippen LogP contribution in [0.5, 0.6) is 0 Å². The third-order valence-electron chi connectivity index (χ3n) is 5.48. The van der Waals surface area contributed by atoms with Crippen LogP contribution in [0, 0.1) is 0 Å². The van der Waals surface area contributed by atoms with E-state index in [4.69, 9.17) is 0 Å². The SMILES string of the molecule is C[C@H]([NH2+][C@@H](C)c1cccc2ccccc12)C(=O)NC(=O)NC1CCCCC1. The highest BCUT2D eigenvalue weighted by Crippen LogP contribution is 2.22. The van der Waals surface area contributed by atoms with E-state index >= 15 is 0 Å². The first kappa shape index (κ1) is 19.4. The van der Waals surface area contributed by atoms with Crippen LogP contribution in [0.25, 0.3) is 10.8 Å². The minimum absolute atomic E-state index is 0.109. The van der Waals surface area contributed by atoms with Crippen LogP contribution >= 0.6 is 0 Å². The second kappa shape index (κ2) is 9.00. The third kappa shape index (κ3) is 5.07. The molecule has 3 amide bonds.